The molecule has 7 nitrogen and oxygen atoms in total. The summed E-state index contributed by atoms with van der Waals surface area (Å²) >= 11 is 3.38. The van der Waals surface area contributed by atoms with E-state index in [1.807, 2.05) is 0 Å². The molecule has 0 spiro atoms. The molecule has 0 saturated carbocycles. The van der Waals surface area contributed by atoms with Gasteiger partial charge >= 0.3 is 5.97 Å². The zero-order valence-electron chi connectivity index (χ0n) is 11.5. The van der Waals surface area contributed by atoms with Gasteiger partial charge in [0.25, 0.3) is 0 Å². The molecule has 0 fully saturated rings. The van der Waals surface area contributed by atoms with Crippen LogP contribution >= 0.6 is 15.9 Å². The van der Waals surface area contributed by atoms with Crippen LogP contribution in [0.25, 0.3) is 11.3 Å². The lowest BCUT2D eigenvalue weighted by molar-refractivity contribution is 0.0686. The standard InChI is InChI=1S/C13H12BrNO6/c1-18-9-4-6(14)10(12(20-3)11(9)19-2)8-5-7(13(16)17)15-21-8/h4-5H,1-3H3,(H,16,17). The quantitative estimate of drug-likeness (QED) is 0.879. The van der Waals surface area contributed by atoms with E-state index in [0.29, 0.717) is 27.3 Å². The first-order valence-electron chi connectivity index (χ1n) is 5.72. The molecule has 1 N–H and O–H groups in total. The van der Waals surface area contributed by atoms with Gasteiger partial charge in [0.05, 0.1) is 26.9 Å². The first kappa shape index (κ1) is 15.2. The van der Waals surface area contributed by atoms with Gasteiger partial charge in [-0.2, -0.15) is 0 Å². The van der Waals surface area contributed by atoms with Crippen molar-refractivity contribution in [2.24, 2.45) is 0 Å². The number of carboxylic acids is 1. The van der Waals surface area contributed by atoms with Gasteiger partial charge in [0.2, 0.25) is 5.75 Å². The first-order valence-corrected chi connectivity index (χ1v) is 6.51. The molecule has 8 heteroatoms. The Morgan fingerprint density at radius 3 is 2.33 bits per heavy atom. The van der Waals surface area contributed by atoms with Crippen LogP contribution in [0.2, 0.25) is 0 Å². The van der Waals surface area contributed by atoms with E-state index in [-0.39, 0.29) is 11.5 Å². The number of carboxylic acid groups (broad SMARTS) is 1. The molecule has 0 radical (unpaired) electrons. The summed E-state index contributed by atoms with van der Waals surface area (Å²) in [7, 11) is 4.43. The Bertz CT molecular complexity index is 682. The zero-order valence-corrected chi connectivity index (χ0v) is 13.1. The van der Waals surface area contributed by atoms with Crippen LogP contribution in [0.4, 0.5) is 0 Å². The molecular weight excluding hydrogens is 346 g/mol. The lowest BCUT2D eigenvalue weighted by atomic mass is 10.1. The van der Waals surface area contributed by atoms with Gasteiger partial charge < -0.3 is 23.8 Å². The maximum atomic E-state index is 10.9. The molecule has 2 aromatic rings. The summed E-state index contributed by atoms with van der Waals surface area (Å²) in [4.78, 5) is 10.9. The van der Waals surface area contributed by atoms with Crippen molar-refractivity contribution in [1.29, 1.82) is 0 Å². The van der Waals surface area contributed by atoms with Crippen molar-refractivity contribution in [3.8, 4) is 28.6 Å². The number of carbonyl (C=O) groups is 1. The molecule has 1 aromatic heterocycles. The van der Waals surface area contributed by atoms with Crippen LogP contribution in [0.1, 0.15) is 10.5 Å². The fraction of sp³-hybridized carbons (Fsp3) is 0.231. The minimum absolute atomic E-state index is 0.200. The Labute approximate surface area is 128 Å². The normalized spacial score (nSPS) is 10.3. The van der Waals surface area contributed by atoms with Gasteiger partial charge in [0.1, 0.15) is 0 Å². The SMILES string of the molecule is COc1cc(Br)c(-c2cc(C(=O)O)no2)c(OC)c1OC. The van der Waals surface area contributed by atoms with Crippen molar-refractivity contribution in [2.45, 2.75) is 0 Å². The summed E-state index contributed by atoms with van der Waals surface area (Å²) in [6.07, 6.45) is 0. The molecule has 0 saturated heterocycles. The largest absolute Gasteiger partial charge is 0.493 e. The van der Waals surface area contributed by atoms with E-state index >= 15 is 0 Å². The van der Waals surface area contributed by atoms with Crippen molar-refractivity contribution < 1.29 is 28.6 Å². The number of aromatic nitrogens is 1. The first-order chi connectivity index (χ1) is 10.0. The smallest absolute Gasteiger partial charge is 0.358 e. The van der Waals surface area contributed by atoms with Crippen LogP contribution < -0.4 is 14.2 Å². The van der Waals surface area contributed by atoms with Crippen LogP contribution in [-0.2, 0) is 0 Å². The Hall–Kier alpha value is -2.22. The Kier molecular flexibility index (Phi) is 4.37. The summed E-state index contributed by atoms with van der Waals surface area (Å²) in [5.41, 5.74) is 0.281. The van der Waals surface area contributed by atoms with E-state index in [1.165, 1.54) is 27.4 Å². The van der Waals surface area contributed by atoms with E-state index in [0.717, 1.165) is 0 Å². The fourth-order valence-corrected chi connectivity index (χ4v) is 2.43. The second-order valence-corrected chi connectivity index (χ2v) is 4.74. The van der Waals surface area contributed by atoms with Gasteiger partial charge in [0.15, 0.2) is 23.0 Å². The van der Waals surface area contributed by atoms with Gasteiger partial charge in [-0.1, -0.05) is 5.16 Å². The van der Waals surface area contributed by atoms with E-state index < -0.39 is 5.97 Å². The van der Waals surface area contributed by atoms with Gasteiger partial charge in [-0.15, -0.1) is 0 Å². The fourth-order valence-electron chi connectivity index (χ4n) is 1.85. The lowest BCUT2D eigenvalue weighted by Crippen LogP contribution is -1.98. The Balaban J connectivity index is 2.69. The van der Waals surface area contributed by atoms with Gasteiger partial charge in [-0.3, -0.25) is 0 Å². The third-order valence-corrected chi connectivity index (χ3v) is 3.38. The van der Waals surface area contributed by atoms with Crippen molar-refractivity contribution in [3.63, 3.8) is 0 Å². The van der Waals surface area contributed by atoms with E-state index in [1.54, 1.807) is 6.07 Å². The predicted molar refractivity (Wildman–Crippen MR) is 76.3 cm³/mol. The van der Waals surface area contributed by atoms with E-state index in [9.17, 15) is 4.79 Å². The number of hydrogen-bond acceptors (Lipinski definition) is 6. The predicted octanol–water partition coefficient (Wildman–Crippen LogP) is 2.83. The summed E-state index contributed by atoms with van der Waals surface area (Å²) in [5, 5.41) is 12.4. The topological polar surface area (TPSA) is 91.0 Å². The molecule has 0 aliphatic carbocycles. The molecular formula is C13H12BrNO6. The highest BCUT2D eigenvalue weighted by atomic mass is 79.9. The van der Waals surface area contributed by atoms with Crippen molar-refractivity contribution in [3.05, 3.63) is 22.3 Å². The Morgan fingerprint density at radius 2 is 1.86 bits per heavy atom. The highest BCUT2D eigenvalue weighted by molar-refractivity contribution is 9.10. The summed E-state index contributed by atoms with van der Waals surface area (Å²) < 4.78 is 21.5. The molecule has 0 aliphatic heterocycles. The molecule has 0 bridgehead atoms. The summed E-state index contributed by atoms with van der Waals surface area (Å²) in [6, 6.07) is 2.97. The molecule has 0 atom stereocenters. The maximum Gasteiger partial charge on any atom is 0.358 e. The van der Waals surface area contributed by atoms with Gasteiger partial charge in [-0.25, -0.2) is 4.79 Å². The average Bonchev–Trinajstić information content (AvgIpc) is 2.95. The highest BCUT2D eigenvalue weighted by Crippen LogP contribution is 2.48. The molecule has 1 heterocycles. The summed E-state index contributed by atoms with van der Waals surface area (Å²) in [5.74, 6) is 0.226. The molecule has 0 unspecified atom stereocenters. The average molecular weight is 358 g/mol. The number of hydrogen-bond donors (Lipinski definition) is 1. The third-order valence-electron chi connectivity index (χ3n) is 2.76. The van der Waals surface area contributed by atoms with Crippen LogP contribution in [0.15, 0.2) is 21.1 Å². The van der Waals surface area contributed by atoms with Crippen molar-refractivity contribution in [1.82, 2.24) is 5.16 Å². The molecule has 112 valence electrons. The number of rotatable bonds is 5. The second-order valence-electron chi connectivity index (χ2n) is 3.88. The number of ether oxygens (including phenoxy) is 3. The minimum Gasteiger partial charge on any atom is -0.493 e. The Morgan fingerprint density at radius 1 is 1.19 bits per heavy atom. The molecule has 0 amide bonds. The highest BCUT2D eigenvalue weighted by Gasteiger charge is 2.24. The van der Waals surface area contributed by atoms with Crippen molar-refractivity contribution in [2.75, 3.05) is 21.3 Å². The van der Waals surface area contributed by atoms with Crippen LogP contribution in [0, 0.1) is 0 Å². The van der Waals surface area contributed by atoms with Crippen LogP contribution in [-0.4, -0.2) is 37.6 Å². The monoisotopic (exact) mass is 357 g/mol. The maximum absolute atomic E-state index is 10.9. The van der Waals surface area contributed by atoms with Crippen LogP contribution in [0.5, 0.6) is 17.2 Å². The van der Waals surface area contributed by atoms with E-state index in [4.69, 9.17) is 23.8 Å². The third kappa shape index (κ3) is 2.66. The molecule has 21 heavy (non-hydrogen) atoms. The van der Waals surface area contributed by atoms with Crippen LogP contribution in [0.3, 0.4) is 0 Å². The van der Waals surface area contributed by atoms with E-state index in [2.05, 4.69) is 21.1 Å². The number of halogens is 1. The molecule has 1 aromatic carbocycles. The second kappa shape index (κ2) is 6.04. The zero-order chi connectivity index (χ0) is 15.6. The lowest BCUT2D eigenvalue weighted by Gasteiger charge is -2.15. The number of aromatic carboxylic acids is 1. The summed E-state index contributed by atoms with van der Waals surface area (Å²) in [6.45, 7) is 0. The number of benzene rings is 1. The van der Waals surface area contributed by atoms with Gasteiger partial charge in [-0.05, 0) is 22.0 Å². The number of nitrogens with zero attached hydrogens (tertiary/aromatic N) is 1. The minimum atomic E-state index is -1.18. The van der Waals surface area contributed by atoms with Gasteiger partial charge in [0, 0.05) is 10.5 Å². The number of methoxy groups -OCH3 is 3. The molecule has 0 aliphatic rings. The van der Waals surface area contributed by atoms with Crippen molar-refractivity contribution >= 4 is 21.9 Å². The molecule has 2 rings (SSSR count).